The highest BCUT2D eigenvalue weighted by atomic mass is 19.4. The van der Waals surface area contributed by atoms with Crippen molar-refractivity contribution >= 4 is 17.3 Å². The Bertz CT molecular complexity index is 1280. The molecule has 0 bridgehead atoms. The summed E-state index contributed by atoms with van der Waals surface area (Å²) in [7, 11) is 0. The topological polar surface area (TPSA) is 103 Å². The van der Waals surface area contributed by atoms with Gasteiger partial charge in [0, 0.05) is 35.1 Å². The molecule has 1 fully saturated rings. The van der Waals surface area contributed by atoms with Crippen LogP contribution < -0.4 is 22.3 Å². The van der Waals surface area contributed by atoms with Crippen LogP contribution in [0.25, 0.3) is 5.69 Å². The summed E-state index contributed by atoms with van der Waals surface area (Å²) in [6.07, 6.45) is -2.49. The molecule has 1 amide bonds. The molecule has 1 aliphatic carbocycles. The Morgan fingerprint density at radius 3 is 2.48 bits per heavy atom. The van der Waals surface area contributed by atoms with Crippen LogP contribution in [-0.4, -0.2) is 16.5 Å². The van der Waals surface area contributed by atoms with Gasteiger partial charge in [0.2, 0.25) is 0 Å². The quantitative estimate of drug-likeness (QED) is 0.482. The van der Waals surface area contributed by atoms with E-state index < -0.39 is 29.1 Å². The number of benzene rings is 2. The molecule has 0 saturated heterocycles. The first-order chi connectivity index (χ1) is 15.5. The molecule has 172 valence electrons. The molecule has 9 heteroatoms. The van der Waals surface area contributed by atoms with Crippen molar-refractivity contribution in [3.05, 3.63) is 87.3 Å². The molecule has 0 aliphatic heterocycles. The summed E-state index contributed by atoms with van der Waals surface area (Å²) in [6.45, 7) is 1.61. The van der Waals surface area contributed by atoms with Crippen molar-refractivity contribution in [3.63, 3.8) is 0 Å². The van der Waals surface area contributed by atoms with Crippen molar-refractivity contribution in [2.75, 3.05) is 11.1 Å². The second-order valence-electron chi connectivity index (χ2n) is 8.25. The molecule has 3 aromatic rings. The van der Waals surface area contributed by atoms with E-state index in [2.05, 4.69) is 5.32 Å². The minimum Gasteiger partial charge on any atom is -0.399 e. The average Bonchev–Trinajstić information content (AvgIpc) is 3.55. The number of aromatic nitrogens is 1. The molecule has 5 N–H and O–H groups in total. The minimum absolute atomic E-state index is 0.0404. The largest absolute Gasteiger partial charge is 0.416 e. The fourth-order valence-corrected chi connectivity index (χ4v) is 3.90. The zero-order chi connectivity index (χ0) is 23.9. The maximum atomic E-state index is 13.4. The number of amides is 1. The summed E-state index contributed by atoms with van der Waals surface area (Å²) >= 11 is 0. The fourth-order valence-electron chi connectivity index (χ4n) is 3.90. The van der Waals surface area contributed by atoms with E-state index in [1.54, 1.807) is 25.1 Å². The number of carbonyl (C=O) groups is 1. The number of rotatable bonds is 6. The molecule has 4 rings (SSSR count). The third kappa shape index (κ3) is 4.72. The normalized spacial score (nSPS) is 14.7. The Morgan fingerprint density at radius 1 is 1.12 bits per heavy atom. The molecule has 6 nitrogen and oxygen atoms in total. The molecule has 1 saturated carbocycles. The van der Waals surface area contributed by atoms with Crippen LogP contribution in [0, 0.1) is 0 Å². The molecule has 33 heavy (non-hydrogen) atoms. The third-order valence-corrected chi connectivity index (χ3v) is 5.66. The number of anilines is 2. The number of nitrogen functional groups attached to an aromatic ring is 1. The van der Waals surface area contributed by atoms with Crippen molar-refractivity contribution < 1.29 is 18.0 Å². The lowest BCUT2D eigenvalue weighted by Gasteiger charge is -2.23. The Kier molecular flexibility index (Phi) is 5.65. The first-order valence-corrected chi connectivity index (χ1v) is 10.4. The van der Waals surface area contributed by atoms with Crippen molar-refractivity contribution in [1.82, 2.24) is 4.57 Å². The van der Waals surface area contributed by atoms with Crippen molar-refractivity contribution in [2.24, 2.45) is 5.73 Å². The fraction of sp³-hybridized carbons (Fsp3) is 0.250. The number of pyridine rings is 1. The molecule has 0 spiro atoms. The van der Waals surface area contributed by atoms with Crippen LogP contribution in [0.15, 0.2) is 59.4 Å². The molecular weight excluding hydrogens is 433 g/mol. The smallest absolute Gasteiger partial charge is 0.399 e. The van der Waals surface area contributed by atoms with E-state index in [1.165, 1.54) is 22.8 Å². The second-order valence-corrected chi connectivity index (χ2v) is 8.25. The van der Waals surface area contributed by atoms with Gasteiger partial charge in [0.15, 0.2) is 0 Å². The molecule has 1 aliphatic rings. The Morgan fingerprint density at radius 2 is 1.85 bits per heavy atom. The van der Waals surface area contributed by atoms with Gasteiger partial charge >= 0.3 is 6.18 Å². The summed E-state index contributed by atoms with van der Waals surface area (Å²) in [4.78, 5) is 25.2. The first kappa shape index (κ1) is 22.4. The van der Waals surface area contributed by atoms with Gasteiger partial charge < -0.3 is 16.8 Å². The highest BCUT2D eigenvalue weighted by Gasteiger charge is 2.32. The van der Waals surface area contributed by atoms with E-state index in [1.807, 2.05) is 6.07 Å². The summed E-state index contributed by atoms with van der Waals surface area (Å²) in [5.74, 6) is -1.59. The highest BCUT2D eigenvalue weighted by Crippen LogP contribution is 2.36. The van der Waals surface area contributed by atoms with Crippen LogP contribution in [0.2, 0.25) is 0 Å². The van der Waals surface area contributed by atoms with Gasteiger partial charge in [-0.15, -0.1) is 0 Å². The van der Waals surface area contributed by atoms with Crippen LogP contribution in [0.1, 0.15) is 52.9 Å². The Labute approximate surface area is 188 Å². The molecule has 2 aromatic carbocycles. The van der Waals surface area contributed by atoms with E-state index in [9.17, 15) is 22.8 Å². The lowest BCUT2D eigenvalue weighted by Crippen LogP contribution is -2.28. The number of nitrogens with two attached hydrogens (primary N) is 2. The first-order valence-electron chi connectivity index (χ1n) is 10.4. The Balaban J connectivity index is 1.91. The van der Waals surface area contributed by atoms with E-state index in [0.29, 0.717) is 11.7 Å². The molecular formula is C24H23F3N4O2. The zero-order valence-corrected chi connectivity index (χ0v) is 17.8. The number of alkyl halides is 3. The lowest BCUT2D eigenvalue weighted by atomic mass is 9.91. The van der Waals surface area contributed by atoms with Crippen molar-refractivity contribution in [2.45, 2.75) is 37.9 Å². The maximum Gasteiger partial charge on any atom is 0.416 e. The molecule has 1 atom stereocenters. The number of primary amides is 1. The van der Waals surface area contributed by atoms with E-state index in [0.717, 1.165) is 30.7 Å². The van der Waals surface area contributed by atoms with Gasteiger partial charge in [-0.2, -0.15) is 13.2 Å². The lowest BCUT2D eigenvalue weighted by molar-refractivity contribution is -0.137. The van der Waals surface area contributed by atoms with Crippen LogP contribution in [0.3, 0.4) is 0 Å². The SMILES string of the molecule is C[C@H](c1cc(N)cc(C(F)(F)F)c1)c1c(C(N)=O)ccc(=O)n1-c1cccc(NC2CC2)c1. The van der Waals surface area contributed by atoms with Crippen LogP contribution in [0.4, 0.5) is 24.5 Å². The number of hydrogen-bond acceptors (Lipinski definition) is 4. The van der Waals surface area contributed by atoms with Gasteiger partial charge in [0.1, 0.15) is 0 Å². The van der Waals surface area contributed by atoms with Gasteiger partial charge in [0.25, 0.3) is 11.5 Å². The van der Waals surface area contributed by atoms with Crippen LogP contribution >= 0.6 is 0 Å². The predicted molar refractivity (Wildman–Crippen MR) is 121 cm³/mol. The maximum absolute atomic E-state index is 13.4. The third-order valence-electron chi connectivity index (χ3n) is 5.66. The Hall–Kier alpha value is -3.75. The summed E-state index contributed by atoms with van der Waals surface area (Å²) in [5, 5.41) is 3.35. The van der Waals surface area contributed by atoms with Gasteiger partial charge in [-0.1, -0.05) is 13.0 Å². The van der Waals surface area contributed by atoms with Crippen molar-refractivity contribution in [1.29, 1.82) is 0 Å². The highest BCUT2D eigenvalue weighted by molar-refractivity contribution is 5.94. The standard InChI is InChI=1S/C24H23F3N4O2/c1-13(14-9-15(24(25,26)27)11-16(28)10-14)22-20(23(29)33)7-8-21(32)31(22)19-4-2-3-18(12-19)30-17-5-6-17/h2-4,7-13,17,30H,5-6,28H2,1H3,(H2,29,33)/t13-/m1/s1. The number of nitrogens with one attached hydrogen (secondary N) is 1. The number of halogens is 3. The van der Waals surface area contributed by atoms with E-state index >= 15 is 0 Å². The van der Waals surface area contributed by atoms with Crippen LogP contribution in [0.5, 0.6) is 0 Å². The zero-order valence-electron chi connectivity index (χ0n) is 17.8. The summed E-state index contributed by atoms with van der Waals surface area (Å²) in [6, 6.07) is 13.2. The molecule has 0 radical (unpaired) electrons. The molecule has 0 unspecified atom stereocenters. The number of hydrogen-bond donors (Lipinski definition) is 3. The molecule has 1 aromatic heterocycles. The van der Waals surface area contributed by atoms with E-state index in [4.69, 9.17) is 11.5 Å². The van der Waals surface area contributed by atoms with Gasteiger partial charge in [-0.3, -0.25) is 14.2 Å². The number of nitrogens with zero attached hydrogens (tertiary/aromatic N) is 1. The minimum atomic E-state index is -4.60. The molecule has 1 heterocycles. The van der Waals surface area contributed by atoms with Crippen LogP contribution in [-0.2, 0) is 6.18 Å². The predicted octanol–water partition coefficient (Wildman–Crippen LogP) is 4.26. The summed E-state index contributed by atoms with van der Waals surface area (Å²) < 4.78 is 41.5. The number of carbonyl (C=O) groups excluding carboxylic acids is 1. The van der Waals surface area contributed by atoms with Gasteiger partial charge in [-0.05, 0) is 60.9 Å². The average molecular weight is 456 g/mol. The van der Waals surface area contributed by atoms with Gasteiger partial charge in [0.05, 0.1) is 16.8 Å². The van der Waals surface area contributed by atoms with Gasteiger partial charge in [-0.25, -0.2) is 0 Å². The monoisotopic (exact) mass is 456 g/mol. The van der Waals surface area contributed by atoms with Crippen molar-refractivity contribution in [3.8, 4) is 5.69 Å². The summed E-state index contributed by atoms with van der Waals surface area (Å²) in [5.41, 5.74) is 11.6. The second kappa shape index (κ2) is 8.31. The van der Waals surface area contributed by atoms with E-state index in [-0.39, 0.29) is 22.5 Å².